The minimum absolute atomic E-state index is 0.0124. The van der Waals surface area contributed by atoms with Crippen molar-refractivity contribution < 1.29 is 4.79 Å². The average molecular weight is 530 g/mol. The first-order valence-corrected chi connectivity index (χ1v) is 13.0. The zero-order valence-corrected chi connectivity index (χ0v) is 22.4. The molecule has 5 rings (SSSR count). The Bertz CT molecular complexity index is 1450. The molecule has 0 radical (unpaired) electrons. The van der Waals surface area contributed by atoms with Gasteiger partial charge in [0.2, 0.25) is 5.91 Å². The minimum atomic E-state index is -0.188. The van der Waals surface area contributed by atoms with Crippen molar-refractivity contribution in [3.63, 3.8) is 0 Å². The highest BCUT2D eigenvalue weighted by Gasteiger charge is 2.42. The van der Waals surface area contributed by atoms with Crippen molar-refractivity contribution in [3.8, 4) is 5.69 Å². The largest absolute Gasteiger partial charge is 0.351 e. The van der Waals surface area contributed by atoms with Crippen molar-refractivity contribution in [1.29, 1.82) is 0 Å². The van der Waals surface area contributed by atoms with Gasteiger partial charge in [-0.2, -0.15) is 0 Å². The fourth-order valence-electron chi connectivity index (χ4n) is 4.64. The molecule has 1 saturated heterocycles. The molecule has 0 bridgehead atoms. The fourth-order valence-corrected chi connectivity index (χ4v) is 5.18. The van der Waals surface area contributed by atoms with E-state index < -0.39 is 0 Å². The lowest BCUT2D eigenvalue weighted by atomic mass is 10.00. The van der Waals surface area contributed by atoms with Crippen LogP contribution in [0.3, 0.4) is 0 Å². The zero-order chi connectivity index (χ0) is 26.1. The average Bonchev–Trinajstić information content (AvgIpc) is 3.50. The van der Waals surface area contributed by atoms with E-state index >= 15 is 0 Å². The molecule has 2 N–H and O–H groups in total. The van der Waals surface area contributed by atoms with Crippen LogP contribution in [0.25, 0.3) is 5.69 Å². The number of anilines is 2. The predicted molar refractivity (Wildman–Crippen MR) is 153 cm³/mol. The van der Waals surface area contributed by atoms with Gasteiger partial charge in [-0.3, -0.25) is 9.78 Å². The number of benzene rings is 2. The maximum Gasteiger partial charge on any atom is 0.226 e. The summed E-state index contributed by atoms with van der Waals surface area (Å²) < 4.78 is 2.14. The van der Waals surface area contributed by atoms with Gasteiger partial charge in [0.1, 0.15) is 6.04 Å². The molecule has 3 heterocycles. The molecule has 2 aromatic carbocycles. The molecule has 0 aliphatic carbocycles. The normalized spacial score (nSPS) is 17.2. The van der Waals surface area contributed by atoms with Gasteiger partial charge >= 0.3 is 0 Å². The van der Waals surface area contributed by atoms with Crippen LogP contribution < -0.4 is 15.5 Å². The van der Waals surface area contributed by atoms with E-state index in [4.69, 9.17) is 23.8 Å². The number of carbonyl (C=O) groups is 1. The number of amides is 1. The second-order valence-corrected chi connectivity index (χ2v) is 10.2. The van der Waals surface area contributed by atoms with E-state index in [2.05, 4.69) is 37.2 Å². The lowest BCUT2D eigenvalue weighted by Crippen LogP contribution is -2.30. The number of carbonyl (C=O) groups excluding carboxylic acids is 1. The third kappa shape index (κ3) is 4.97. The first kappa shape index (κ1) is 25.0. The first-order valence-electron chi connectivity index (χ1n) is 12.2. The summed E-state index contributed by atoms with van der Waals surface area (Å²) in [5.41, 5.74) is 5.59. The molecule has 2 atom stereocenters. The van der Waals surface area contributed by atoms with Crippen molar-refractivity contribution in [2.75, 3.05) is 10.2 Å². The van der Waals surface area contributed by atoms with Crippen LogP contribution in [-0.4, -0.2) is 20.6 Å². The SMILES string of the molecule is Cc1cc(N2C(=S)N[C@H](c3ccccn3)[C@@H]2c2cccn2-c2cccc(Cl)c2)ccc1NC(=O)C(C)C. The Morgan fingerprint density at radius 2 is 1.89 bits per heavy atom. The van der Waals surface area contributed by atoms with Crippen LogP contribution in [-0.2, 0) is 4.79 Å². The third-order valence-corrected chi connectivity index (χ3v) is 7.09. The molecule has 2 aromatic heterocycles. The second-order valence-electron chi connectivity index (χ2n) is 9.42. The van der Waals surface area contributed by atoms with E-state index in [-0.39, 0.29) is 23.9 Å². The van der Waals surface area contributed by atoms with E-state index in [9.17, 15) is 4.79 Å². The number of nitrogens with one attached hydrogen (secondary N) is 2. The Kier molecular flexibility index (Phi) is 7.00. The van der Waals surface area contributed by atoms with Gasteiger partial charge in [-0.15, -0.1) is 0 Å². The monoisotopic (exact) mass is 529 g/mol. The Morgan fingerprint density at radius 3 is 2.59 bits per heavy atom. The van der Waals surface area contributed by atoms with Gasteiger partial charge in [0, 0.05) is 46.1 Å². The molecular weight excluding hydrogens is 502 g/mol. The van der Waals surface area contributed by atoms with E-state index in [1.165, 1.54) is 0 Å². The number of rotatable bonds is 6. The van der Waals surface area contributed by atoms with Gasteiger partial charge in [-0.05, 0) is 85.4 Å². The number of hydrogen-bond acceptors (Lipinski definition) is 3. The number of nitrogens with zero attached hydrogens (tertiary/aromatic N) is 3. The smallest absolute Gasteiger partial charge is 0.226 e. The molecule has 6 nitrogen and oxygen atoms in total. The molecule has 0 spiro atoms. The predicted octanol–water partition coefficient (Wildman–Crippen LogP) is 6.61. The van der Waals surface area contributed by atoms with Crippen molar-refractivity contribution >= 4 is 46.2 Å². The van der Waals surface area contributed by atoms with Crippen LogP contribution in [0.15, 0.2) is 85.2 Å². The highest BCUT2D eigenvalue weighted by Crippen LogP contribution is 2.43. The van der Waals surface area contributed by atoms with Crippen molar-refractivity contribution in [1.82, 2.24) is 14.9 Å². The Labute approximate surface area is 227 Å². The molecular formula is C29H28ClN5OS. The minimum Gasteiger partial charge on any atom is -0.351 e. The molecule has 37 heavy (non-hydrogen) atoms. The van der Waals surface area contributed by atoms with Crippen LogP contribution in [0.5, 0.6) is 0 Å². The van der Waals surface area contributed by atoms with Crippen molar-refractivity contribution in [2.45, 2.75) is 32.9 Å². The van der Waals surface area contributed by atoms with Crippen molar-refractivity contribution in [2.24, 2.45) is 5.92 Å². The summed E-state index contributed by atoms with van der Waals surface area (Å²) in [5.74, 6) is -0.112. The van der Waals surface area contributed by atoms with E-state index in [0.29, 0.717) is 10.1 Å². The van der Waals surface area contributed by atoms with E-state index in [1.807, 2.05) is 87.6 Å². The maximum absolute atomic E-state index is 12.3. The number of thiocarbonyl (C=S) groups is 1. The van der Waals surface area contributed by atoms with E-state index in [0.717, 1.165) is 34.0 Å². The van der Waals surface area contributed by atoms with Gasteiger partial charge in [-0.25, -0.2) is 0 Å². The van der Waals surface area contributed by atoms with Gasteiger partial charge in [-0.1, -0.05) is 37.6 Å². The summed E-state index contributed by atoms with van der Waals surface area (Å²) in [5, 5.41) is 7.81. The lowest BCUT2D eigenvalue weighted by Gasteiger charge is -2.29. The number of halogens is 1. The molecule has 188 valence electrons. The molecule has 8 heteroatoms. The molecule has 4 aromatic rings. The molecule has 1 aliphatic rings. The van der Waals surface area contributed by atoms with Crippen LogP contribution in [0.4, 0.5) is 11.4 Å². The number of aromatic nitrogens is 2. The summed E-state index contributed by atoms with van der Waals surface area (Å²) in [6.07, 6.45) is 3.83. The number of pyridine rings is 1. The molecule has 0 unspecified atom stereocenters. The fraction of sp³-hybridized carbons (Fsp3) is 0.207. The Hall–Kier alpha value is -3.68. The highest BCUT2D eigenvalue weighted by atomic mass is 35.5. The molecule has 0 saturated carbocycles. The Balaban J connectivity index is 1.60. The van der Waals surface area contributed by atoms with Gasteiger partial charge < -0.3 is 20.1 Å². The topological polar surface area (TPSA) is 62.2 Å². The third-order valence-electron chi connectivity index (χ3n) is 6.54. The van der Waals surface area contributed by atoms with E-state index in [1.54, 1.807) is 6.20 Å². The lowest BCUT2D eigenvalue weighted by molar-refractivity contribution is -0.118. The molecule has 1 fully saturated rings. The number of hydrogen-bond donors (Lipinski definition) is 2. The second kappa shape index (κ2) is 10.4. The van der Waals surface area contributed by atoms with Gasteiger partial charge in [0.25, 0.3) is 0 Å². The summed E-state index contributed by atoms with van der Waals surface area (Å²) in [4.78, 5) is 19.1. The highest BCUT2D eigenvalue weighted by molar-refractivity contribution is 7.80. The van der Waals surface area contributed by atoms with Crippen LogP contribution in [0, 0.1) is 12.8 Å². The summed E-state index contributed by atoms with van der Waals surface area (Å²) in [6, 6.07) is 23.5. The summed E-state index contributed by atoms with van der Waals surface area (Å²) >= 11 is 12.2. The van der Waals surface area contributed by atoms with Crippen LogP contribution >= 0.6 is 23.8 Å². The van der Waals surface area contributed by atoms with Gasteiger partial charge in [0.15, 0.2) is 5.11 Å². The quantitative estimate of drug-likeness (QED) is 0.275. The first-order chi connectivity index (χ1) is 17.8. The van der Waals surface area contributed by atoms with Crippen LogP contribution in [0.1, 0.15) is 42.9 Å². The maximum atomic E-state index is 12.3. The van der Waals surface area contributed by atoms with Crippen LogP contribution in [0.2, 0.25) is 5.02 Å². The molecule has 1 amide bonds. The standard InChI is InChI=1S/C29H28ClN5OS/c1-18(2)28(36)32-23-13-12-22(16-19(23)3)35-27(26(33-29(35)37)24-10-4-5-14-31-24)25-11-7-15-34(25)21-9-6-8-20(30)17-21/h4-18,26-27H,1-3H3,(H,32,36)(H,33,37)/t26-,27+/m1/s1. The Morgan fingerprint density at radius 1 is 1.05 bits per heavy atom. The zero-order valence-electron chi connectivity index (χ0n) is 20.9. The molecule has 1 aliphatic heterocycles. The van der Waals surface area contributed by atoms with Gasteiger partial charge in [0.05, 0.1) is 11.7 Å². The number of aryl methyl sites for hydroxylation is 1. The summed E-state index contributed by atoms with van der Waals surface area (Å²) in [7, 11) is 0. The van der Waals surface area contributed by atoms with Crippen molar-refractivity contribution in [3.05, 3.63) is 107 Å². The summed E-state index contributed by atoms with van der Waals surface area (Å²) in [6.45, 7) is 5.75.